The van der Waals surface area contributed by atoms with Gasteiger partial charge in [-0.3, -0.25) is 4.90 Å². The van der Waals surface area contributed by atoms with Crippen molar-refractivity contribution in [3.8, 4) is 5.75 Å². The first-order valence-electron chi connectivity index (χ1n) is 5.90. The molecule has 0 spiro atoms. The summed E-state index contributed by atoms with van der Waals surface area (Å²) >= 11 is 0. The summed E-state index contributed by atoms with van der Waals surface area (Å²) in [5.41, 5.74) is 8.52. The summed E-state index contributed by atoms with van der Waals surface area (Å²) in [6.45, 7) is 3.23. The normalized spacial score (nSPS) is 19.4. The molecule has 94 valence electrons. The van der Waals surface area contributed by atoms with Crippen molar-refractivity contribution in [1.29, 1.82) is 0 Å². The Labute approximate surface area is 102 Å². The molecule has 0 aromatic heterocycles. The third-order valence-electron chi connectivity index (χ3n) is 3.33. The van der Waals surface area contributed by atoms with Gasteiger partial charge in [0.1, 0.15) is 5.75 Å². The third-order valence-corrected chi connectivity index (χ3v) is 3.33. The van der Waals surface area contributed by atoms with Crippen LogP contribution >= 0.6 is 0 Å². The zero-order chi connectivity index (χ0) is 12.3. The van der Waals surface area contributed by atoms with Gasteiger partial charge < -0.3 is 15.2 Å². The minimum absolute atomic E-state index is 0.287. The Morgan fingerprint density at radius 2 is 2.24 bits per heavy atom. The average Bonchev–Trinajstić information content (AvgIpc) is 2.72. The molecule has 0 saturated carbocycles. The van der Waals surface area contributed by atoms with Crippen LogP contribution in [0.2, 0.25) is 0 Å². The predicted molar refractivity (Wildman–Crippen MR) is 67.1 cm³/mol. The van der Waals surface area contributed by atoms with E-state index < -0.39 is 0 Å². The summed E-state index contributed by atoms with van der Waals surface area (Å²) in [6, 6.07) is 6.52. The van der Waals surface area contributed by atoms with Gasteiger partial charge in [0, 0.05) is 32.8 Å². The Kier molecular flexibility index (Phi) is 3.99. The lowest BCUT2D eigenvalue weighted by atomic mass is 10.0. The molecule has 1 aromatic rings. The first kappa shape index (κ1) is 12.4. The summed E-state index contributed by atoms with van der Waals surface area (Å²) in [5, 5.41) is 0. The van der Waals surface area contributed by atoms with E-state index in [0.29, 0.717) is 6.54 Å². The molecule has 4 heteroatoms. The van der Waals surface area contributed by atoms with Gasteiger partial charge in [0.15, 0.2) is 0 Å². The van der Waals surface area contributed by atoms with Crippen molar-refractivity contribution in [1.82, 2.24) is 4.90 Å². The molecule has 1 atom stereocenters. The second-order valence-electron chi connectivity index (χ2n) is 4.28. The number of rotatable bonds is 5. The predicted octanol–water partition coefficient (Wildman–Crippen LogP) is 1.16. The van der Waals surface area contributed by atoms with Crippen LogP contribution in [0.3, 0.4) is 0 Å². The first-order valence-corrected chi connectivity index (χ1v) is 5.90. The van der Waals surface area contributed by atoms with Crippen molar-refractivity contribution in [2.24, 2.45) is 5.73 Å². The first-order chi connectivity index (χ1) is 8.30. The van der Waals surface area contributed by atoms with Crippen molar-refractivity contribution < 1.29 is 9.47 Å². The van der Waals surface area contributed by atoms with Crippen LogP contribution in [-0.2, 0) is 11.3 Å². The Hall–Kier alpha value is -1.10. The summed E-state index contributed by atoms with van der Waals surface area (Å²) in [6.07, 6.45) is 0. The van der Waals surface area contributed by atoms with Gasteiger partial charge in [0.25, 0.3) is 0 Å². The molecular formula is C13H20N2O2. The molecule has 0 fully saturated rings. The van der Waals surface area contributed by atoms with Crippen LogP contribution in [0.5, 0.6) is 5.75 Å². The molecule has 4 nitrogen and oxygen atoms in total. The van der Waals surface area contributed by atoms with Crippen molar-refractivity contribution in [3.05, 3.63) is 29.3 Å². The number of nitrogens with two attached hydrogens (primary N) is 1. The van der Waals surface area contributed by atoms with Crippen LogP contribution in [0.1, 0.15) is 17.2 Å². The van der Waals surface area contributed by atoms with Gasteiger partial charge in [0.05, 0.1) is 13.7 Å². The Morgan fingerprint density at radius 1 is 1.41 bits per heavy atom. The molecule has 1 aliphatic heterocycles. The molecule has 17 heavy (non-hydrogen) atoms. The lowest BCUT2D eigenvalue weighted by Gasteiger charge is -2.23. The van der Waals surface area contributed by atoms with Gasteiger partial charge in [-0.1, -0.05) is 6.07 Å². The highest BCUT2D eigenvalue weighted by Crippen LogP contribution is 2.34. The molecule has 0 saturated heterocycles. The summed E-state index contributed by atoms with van der Waals surface area (Å²) in [4.78, 5) is 2.35. The fourth-order valence-electron chi connectivity index (χ4n) is 2.40. The fourth-order valence-corrected chi connectivity index (χ4v) is 2.40. The Bertz CT molecular complexity index is 382. The van der Waals surface area contributed by atoms with E-state index in [2.05, 4.69) is 17.0 Å². The number of ether oxygens (including phenoxy) is 2. The highest BCUT2D eigenvalue weighted by atomic mass is 16.5. The van der Waals surface area contributed by atoms with Crippen LogP contribution < -0.4 is 10.5 Å². The van der Waals surface area contributed by atoms with Gasteiger partial charge in [0.2, 0.25) is 0 Å². The van der Waals surface area contributed by atoms with Crippen molar-refractivity contribution >= 4 is 0 Å². The van der Waals surface area contributed by atoms with Gasteiger partial charge in [-0.15, -0.1) is 0 Å². The average molecular weight is 236 g/mol. The minimum Gasteiger partial charge on any atom is -0.497 e. The molecule has 1 heterocycles. The Balaban J connectivity index is 2.19. The van der Waals surface area contributed by atoms with Gasteiger partial charge in [-0.05, 0) is 23.3 Å². The number of methoxy groups -OCH3 is 2. The van der Waals surface area contributed by atoms with Crippen molar-refractivity contribution in [3.63, 3.8) is 0 Å². The fraction of sp³-hybridized carbons (Fsp3) is 0.538. The van der Waals surface area contributed by atoms with E-state index in [9.17, 15) is 0 Å². The van der Waals surface area contributed by atoms with E-state index in [1.54, 1.807) is 14.2 Å². The topological polar surface area (TPSA) is 47.7 Å². The van der Waals surface area contributed by atoms with Crippen LogP contribution in [0.25, 0.3) is 0 Å². The molecule has 2 rings (SSSR count). The summed E-state index contributed by atoms with van der Waals surface area (Å²) in [5.74, 6) is 0.899. The maximum atomic E-state index is 5.88. The molecule has 0 bridgehead atoms. The van der Waals surface area contributed by atoms with Gasteiger partial charge >= 0.3 is 0 Å². The number of benzene rings is 1. The van der Waals surface area contributed by atoms with Crippen molar-refractivity contribution in [2.45, 2.75) is 12.6 Å². The van der Waals surface area contributed by atoms with E-state index in [0.717, 1.165) is 25.4 Å². The summed E-state index contributed by atoms with van der Waals surface area (Å²) in [7, 11) is 3.42. The summed E-state index contributed by atoms with van der Waals surface area (Å²) < 4.78 is 10.4. The zero-order valence-electron chi connectivity index (χ0n) is 10.5. The maximum absolute atomic E-state index is 5.88. The largest absolute Gasteiger partial charge is 0.497 e. The monoisotopic (exact) mass is 236 g/mol. The van der Waals surface area contributed by atoms with E-state index in [-0.39, 0.29) is 6.04 Å². The molecule has 1 unspecified atom stereocenters. The van der Waals surface area contributed by atoms with Gasteiger partial charge in [-0.25, -0.2) is 0 Å². The second-order valence-corrected chi connectivity index (χ2v) is 4.28. The molecule has 0 aliphatic carbocycles. The zero-order valence-corrected chi connectivity index (χ0v) is 10.5. The van der Waals surface area contributed by atoms with Crippen LogP contribution in [-0.4, -0.2) is 38.8 Å². The van der Waals surface area contributed by atoms with E-state index in [1.165, 1.54) is 11.1 Å². The molecule has 1 aliphatic rings. The minimum atomic E-state index is 0.287. The third kappa shape index (κ3) is 2.44. The molecule has 0 radical (unpaired) electrons. The van der Waals surface area contributed by atoms with Crippen LogP contribution in [0.15, 0.2) is 18.2 Å². The second kappa shape index (κ2) is 5.49. The number of nitrogens with zero attached hydrogens (tertiary/aromatic N) is 1. The highest BCUT2D eigenvalue weighted by Gasteiger charge is 2.28. The van der Waals surface area contributed by atoms with Crippen molar-refractivity contribution in [2.75, 3.05) is 33.9 Å². The number of fused-ring (bicyclic) bond motifs is 1. The lowest BCUT2D eigenvalue weighted by molar-refractivity contribution is 0.128. The molecular weight excluding hydrogens is 216 g/mol. The SMILES string of the molecule is COCCN1Cc2ccc(OC)cc2C1CN. The van der Waals surface area contributed by atoms with E-state index >= 15 is 0 Å². The number of hydrogen-bond donors (Lipinski definition) is 1. The van der Waals surface area contributed by atoms with Crippen LogP contribution in [0, 0.1) is 0 Å². The highest BCUT2D eigenvalue weighted by molar-refractivity contribution is 5.40. The molecule has 1 aromatic carbocycles. The Morgan fingerprint density at radius 3 is 2.88 bits per heavy atom. The lowest BCUT2D eigenvalue weighted by Crippen LogP contribution is -2.30. The maximum Gasteiger partial charge on any atom is 0.119 e. The van der Waals surface area contributed by atoms with Crippen LogP contribution in [0.4, 0.5) is 0 Å². The quantitative estimate of drug-likeness (QED) is 0.833. The molecule has 0 amide bonds. The smallest absolute Gasteiger partial charge is 0.119 e. The van der Waals surface area contributed by atoms with E-state index in [1.807, 2.05) is 6.07 Å². The molecule has 2 N–H and O–H groups in total. The van der Waals surface area contributed by atoms with E-state index in [4.69, 9.17) is 15.2 Å². The number of hydrogen-bond acceptors (Lipinski definition) is 4. The van der Waals surface area contributed by atoms with Gasteiger partial charge in [-0.2, -0.15) is 0 Å². The standard InChI is InChI=1S/C13H20N2O2/c1-16-6-5-15-9-10-3-4-11(17-2)7-12(10)13(15)8-14/h3-4,7,13H,5-6,8-9,14H2,1-2H3.